The van der Waals surface area contributed by atoms with Crippen LogP contribution in [0.15, 0.2) is 48.9 Å². The van der Waals surface area contributed by atoms with Crippen molar-refractivity contribution in [3.63, 3.8) is 0 Å². The maximum Gasteiger partial charge on any atom is 0.142 e. The first kappa shape index (κ1) is 17.7. The van der Waals surface area contributed by atoms with Gasteiger partial charge in [-0.15, -0.1) is 0 Å². The van der Waals surface area contributed by atoms with E-state index < -0.39 is 0 Å². The van der Waals surface area contributed by atoms with Gasteiger partial charge >= 0.3 is 0 Å². The number of nitrogens with zero attached hydrogens (tertiary/aromatic N) is 3. The molecule has 0 amide bonds. The van der Waals surface area contributed by atoms with Crippen molar-refractivity contribution in [1.82, 2.24) is 19.9 Å². The van der Waals surface area contributed by atoms with E-state index in [2.05, 4.69) is 85.0 Å². The molecule has 1 aromatic carbocycles. The summed E-state index contributed by atoms with van der Waals surface area (Å²) in [4.78, 5) is 14.5. The van der Waals surface area contributed by atoms with Crippen LogP contribution >= 0.6 is 22.6 Å². The topological polar surface area (TPSA) is 56.8 Å². The van der Waals surface area contributed by atoms with E-state index in [-0.39, 0.29) is 5.54 Å². The van der Waals surface area contributed by atoms with Crippen LogP contribution in [0, 0.1) is 5.92 Å². The van der Waals surface area contributed by atoms with E-state index in [1.165, 1.54) is 12.1 Å². The number of benzene rings is 1. The van der Waals surface area contributed by atoms with Gasteiger partial charge in [-0.1, -0.05) is 59.8 Å². The van der Waals surface area contributed by atoms with E-state index >= 15 is 0 Å². The average molecular weight is 461 g/mol. The fourth-order valence-electron chi connectivity index (χ4n) is 4.01. The predicted octanol–water partition coefficient (Wildman–Crippen LogP) is 4.09. The molecule has 0 aliphatic carbocycles. The number of halogens is 1. The summed E-state index contributed by atoms with van der Waals surface area (Å²) in [6, 6.07) is 12.8. The van der Waals surface area contributed by atoms with E-state index in [1.807, 2.05) is 12.3 Å². The average Bonchev–Trinajstić information content (AvgIpc) is 3.15. The zero-order valence-electron chi connectivity index (χ0n) is 15.0. The van der Waals surface area contributed by atoms with Gasteiger partial charge in [0.2, 0.25) is 0 Å². The molecule has 136 valence electrons. The first-order chi connectivity index (χ1) is 12.7. The van der Waals surface area contributed by atoms with Crippen LogP contribution in [0.25, 0.3) is 11.0 Å². The molecule has 3 heterocycles. The minimum absolute atomic E-state index is 0.258. The van der Waals surface area contributed by atoms with Crippen LogP contribution in [0.5, 0.6) is 0 Å². The summed E-state index contributed by atoms with van der Waals surface area (Å²) >= 11 is 2.56. The van der Waals surface area contributed by atoms with Gasteiger partial charge in [-0.2, -0.15) is 0 Å². The smallest absolute Gasteiger partial charge is 0.142 e. The summed E-state index contributed by atoms with van der Waals surface area (Å²) < 4.78 is 1.14. The van der Waals surface area contributed by atoms with Crippen molar-refractivity contribution >= 4 is 39.4 Å². The number of anilines is 1. The van der Waals surface area contributed by atoms with Gasteiger partial charge in [0.25, 0.3) is 0 Å². The third-order valence-corrected chi connectivity index (χ3v) is 7.01. The Labute approximate surface area is 167 Å². The SMILES string of the molecule is C[C@H]1CN(Cc2ccccc2)[C@]1(CI)CCNc1ncnc2[nH]ccc12. The van der Waals surface area contributed by atoms with Crippen molar-refractivity contribution in [3.8, 4) is 0 Å². The number of fused-ring (bicyclic) bond motifs is 1. The highest BCUT2D eigenvalue weighted by Gasteiger charge is 2.49. The molecule has 3 aromatic rings. The summed E-state index contributed by atoms with van der Waals surface area (Å²) in [6.45, 7) is 5.50. The van der Waals surface area contributed by atoms with E-state index in [9.17, 15) is 0 Å². The molecular weight excluding hydrogens is 437 g/mol. The molecule has 4 rings (SSSR count). The van der Waals surface area contributed by atoms with Gasteiger partial charge in [-0.3, -0.25) is 4.90 Å². The molecule has 1 aliphatic rings. The van der Waals surface area contributed by atoms with Gasteiger partial charge in [0.05, 0.1) is 5.39 Å². The third kappa shape index (κ3) is 3.20. The molecule has 0 saturated carbocycles. The van der Waals surface area contributed by atoms with Crippen molar-refractivity contribution in [2.45, 2.75) is 25.4 Å². The molecule has 2 aromatic heterocycles. The number of hydrogen-bond donors (Lipinski definition) is 2. The maximum absolute atomic E-state index is 4.42. The number of aromatic nitrogens is 3. The molecule has 0 bridgehead atoms. The lowest BCUT2D eigenvalue weighted by Crippen LogP contribution is -2.67. The van der Waals surface area contributed by atoms with Crippen LogP contribution in [0.4, 0.5) is 5.82 Å². The number of nitrogens with one attached hydrogen (secondary N) is 2. The second-order valence-electron chi connectivity index (χ2n) is 7.14. The fourth-order valence-corrected chi connectivity index (χ4v) is 5.62. The zero-order chi connectivity index (χ0) is 18.0. The van der Waals surface area contributed by atoms with Gasteiger partial charge in [0.1, 0.15) is 17.8 Å². The highest BCUT2D eigenvalue weighted by molar-refractivity contribution is 14.1. The molecular formula is C20H24IN5. The van der Waals surface area contributed by atoms with Crippen LogP contribution in [0.2, 0.25) is 0 Å². The molecule has 6 heteroatoms. The van der Waals surface area contributed by atoms with Crippen molar-refractivity contribution < 1.29 is 0 Å². The Balaban J connectivity index is 1.43. The Bertz CT molecular complexity index is 865. The molecule has 26 heavy (non-hydrogen) atoms. The molecule has 0 spiro atoms. The zero-order valence-corrected chi connectivity index (χ0v) is 17.1. The predicted molar refractivity (Wildman–Crippen MR) is 115 cm³/mol. The number of alkyl halides is 1. The highest BCUT2D eigenvalue weighted by atomic mass is 127. The molecule has 2 N–H and O–H groups in total. The van der Waals surface area contributed by atoms with Gasteiger partial charge < -0.3 is 10.3 Å². The van der Waals surface area contributed by atoms with Crippen molar-refractivity contribution in [2.24, 2.45) is 5.92 Å². The molecule has 0 unspecified atom stereocenters. The lowest BCUT2D eigenvalue weighted by Gasteiger charge is -2.58. The number of H-pyrrole nitrogens is 1. The minimum atomic E-state index is 0.258. The quantitative estimate of drug-likeness (QED) is 0.411. The summed E-state index contributed by atoms with van der Waals surface area (Å²) in [5.41, 5.74) is 2.54. The highest BCUT2D eigenvalue weighted by Crippen LogP contribution is 2.42. The van der Waals surface area contributed by atoms with Gasteiger partial charge in [-0.05, 0) is 24.0 Å². The summed E-state index contributed by atoms with van der Waals surface area (Å²) in [5.74, 6) is 1.63. The Morgan fingerprint density at radius 1 is 1.27 bits per heavy atom. The Morgan fingerprint density at radius 3 is 2.88 bits per heavy atom. The largest absolute Gasteiger partial charge is 0.369 e. The number of likely N-dealkylation sites (tertiary alicyclic amines) is 1. The number of hydrogen-bond acceptors (Lipinski definition) is 4. The Hall–Kier alpha value is -1.67. The van der Waals surface area contributed by atoms with Crippen molar-refractivity contribution in [3.05, 3.63) is 54.5 Å². The van der Waals surface area contributed by atoms with Crippen LogP contribution in [-0.4, -0.2) is 42.9 Å². The van der Waals surface area contributed by atoms with E-state index in [1.54, 1.807) is 6.33 Å². The monoisotopic (exact) mass is 461 g/mol. The van der Waals surface area contributed by atoms with Crippen molar-refractivity contribution in [2.75, 3.05) is 22.8 Å². The van der Waals surface area contributed by atoms with Gasteiger partial charge in [0, 0.05) is 35.8 Å². The lowest BCUT2D eigenvalue weighted by molar-refractivity contribution is -0.0645. The normalized spacial score (nSPS) is 23.1. The van der Waals surface area contributed by atoms with Gasteiger partial charge in [0.15, 0.2) is 0 Å². The minimum Gasteiger partial charge on any atom is -0.369 e. The summed E-state index contributed by atoms with van der Waals surface area (Å²) in [6.07, 6.45) is 4.63. The second-order valence-corrected chi connectivity index (χ2v) is 7.91. The first-order valence-corrected chi connectivity index (χ1v) is 10.6. The number of rotatable bonds is 7. The fraction of sp³-hybridized carbons (Fsp3) is 0.400. The molecule has 1 aliphatic heterocycles. The Morgan fingerprint density at radius 2 is 2.12 bits per heavy atom. The van der Waals surface area contributed by atoms with E-state index in [4.69, 9.17) is 0 Å². The van der Waals surface area contributed by atoms with Crippen LogP contribution in [0.1, 0.15) is 18.9 Å². The summed E-state index contributed by atoms with van der Waals surface area (Å²) in [5, 5.41) is 4.59. The Kier molecular flexibility index (Phi) is 5.13. The summed E-state index contributed by atoms with van der Waals surface area (Å²) in [7, 11) is 0. The second kappa shape index (κ2) is 7.52. The van der Waals surface area contributed by atoms with Crippen molar-refractivity contribution in [1.29, 1.82) is 0 Å². The molecule has 1 saturated heterocycles. The maximum atomic E-state index is 4.42. The van der Waals surface area contributed by atoms with E-state index in [0.29, 0.717) is 5.92 Å². The van der Waals surface area contributed by atoms with Crippen LogP contribution < -0.4 is 5.32 Å². The van der Waals surface area contributed by atoms with Crippen LogP contribution in [-0.2, 0) is 6.54 Å². The third-order valence-electron chi connectivity index (χ3n) is 5.69. The first-order valence-electron chi connectivity index (χ1n) is 9.10. The van der Waals surface area contributed by atoms with Crippen LogP contribution in [0.3, 0.4) is 0 Å². The molecule has 2 atom stereocenters. The van der Waals surface area contributed by atoms with Gasteiger partial charge in [-0.25, -0.2) is 9.97 Å². The standard InChI is InChI=1S/C20H24IN5/c1-15-11-26(12-16-5-3-2-4-6-16)20(15,13-21)8-10-23-19-17-7-9-22-18(17)24-14-25-19/h2-7,9,14-15H,8,10-13H2,1H3,(H2,22,23,24,25)/t15-,20-/m0/s1. The molecule has 1 fully saturated rings. The molecule has 0 radical (unpaired) electrons. The lowest BCUT2D eigenvalue weighted by atomic mass is 9.74. The molecule has 5 nitrogen and oxygen atoms in total. The number of aromatic amines is 1. The van der Waals surface area contributed by atoms with E-state index in [0.717, 1.165) is 40.8 Å².